The smallest absolute Gasteiger partial charge is 0.260 e. The first-order valence-corrected chi connectivity index (χ1v) is 12.4. The van der Waals surface area contributed by atoms with E-state index in [9.17, 15) is 4.79 Å². The molecule has 1 amide bonds. The van der Waals surface area contributed by atoms with Gasteiger partial charge in [-0.1, -0.05) is 66.2 Å². The fraction of sp³-hybridized carbons (Fsp3) is 0.233. The van der Waals surface area contributed by atoms with E-state index in [1.165, 1.54) is 5.56 Å². The molecular formula is C30H30N4O3. The molecule has 3 aromatic carbocycles. The topological polar surface area (TPSA) is 67.8 Å². The van der Waals surface area contributed by atoms with E-state index < -0.39 is 0 Å². The van der Waals surface area contributed by atoms with Gasteiger partial charge in [0.2, 0.25) is 11.8 Å². The number of fused-ring (bicyclic) bond motifs is 1. The van der Waals surface area contributed by atoms with E-state index in [2.05, 4.69) is 12.1 Å². The fourth-order valence-corrected chi connectivity index (χ4v) is 4.24. The van der Waals surface area contributed by atoms with Gasteiger partial charge >= 0.3 is 0 Å². The van der Waals surface area contributed by atoms with Crippen molar-refractivity contribution in [2.45, 2.75) is 26.4 Å². The zero-order valence-corrected chi connectivity index (χ0v) is 21.1. The number of amides is 1. The normalized spacial score (nSPS) is 12.5. The summed E-state index contributed by atoms with van der Waals surface area (Å²) in [6.45, 7) is 3.62. The van der Waals surface area contributed by atoms with Gasteiger partial charge in [0.15, 0.2) is 6.61 Å². The van der Waals surface area contributed by atoms with Crippen LogP contribution in [0.25, 0.3) is 0 Å². The molecule has 188 valence electrons. The number of para-hydroxylation sites is 1. The number of anilines is 1. The van der Waals surface area contributed by atoms with Crippen molar-refractivity contribution in [1.82, 2.24) is 14.9 Å². The van der Waals surface area contributed by atoms with E-state index in [-0.39, 0.29) is 12.5 Å². The highest BCUT2D eigenvalue weighted by molar-refractivity contribution is 5.78. The summed E-state index contributed by atoms with van der Waals surface area (Å²) in [5.74, 6) is 2.35. The lowest BCUT2D eigenvalue weighted by atomic mass is 10.1. The number of carbonyl (C=O) groups is 1. The third-order valence-electron chi connectivity index (χ3n) is 6.31. The Kier molecular flexibility index (Phi) is 7.31. The van der Waals surface area contributed by atoms with Crippen LogP contribution >= 0.6 is 0 Å². The maximum Gasteiger partial charge on any atom is 0.260 e. The monoisotopic (exact) mass is 494 g/mol. The summed E-state index contributed by atoms with van der Waals surface area (Å²) >= 11 is 0. The molecule has 0 unspecified atom stereocenters. The van der Waals surface area contributed by atoms with Crippen molar-refractivity contribution in [2.75, 3.05) is 25.1 Å². The van der Waals surface area contributed by atoms with E-state index in [0.29, 0.717) is 49.4 Å². The molecule has 0 atom stereocenters. The van der Waals surface area contributed by atoms with Crippen molar-refractivity contribution >= 4 is 11.9 Å². The van der Waals surface area contributed by atoms with E-state index in [1.807, 2.05) is 91.7 Å². The molecule has 0 N–H and O–H groups in total. The van der Waals surface area contributed by atoms with Gasteiger partial charge in [0, 0.05) is 26.6 Å². The molecule has 0 bridgehead atoms. The third kappa shape index (κ3) is 6.06. The van der Waals surface area contributed by atoms with E-state index in [1.54, 1.807) is 4.90 Å². The molecule has 4 aromatic rings. The number of ether oxygens (including phenoxy) is 2. The Bertz CT molecular complexity index is 1340. The Morgan fingerprint density at radius 3 is 2.35 bits per heavy atom. The van der Waals surface area contributed by atoms with Crippen molar-refractivity contribution in [2.24, 2.45) is 0 Å². The molecule has 0 saturated heterocycles. The van der Waals surface area contributed by atoms with Gasteiger partial charge in [0.25, 0.3) is 5.91 Å². The Labute approximate surface area is 217 Å². The average molecular weight is 495 g/mol. The molecule has 1 aliphatic heterocycles. The quantitative estimate of drug-likeness (QED) is 0.336. The number of hydrogen-bond donors (Lipinski definition) is 0. The lowest BCUT2D eigenvalue weighted by Crippen LogP contribution is -2.39. The number of aryl methyl sites for hydroxylation is 1. The number of hydrogen-bond acceptors (Lipinski definition) is 6. The molecule has 0 radical (unpaired) electrons. The van der Waals surface area contributed by atoms with Gasteiger partial charge in [0.1, 0.15) is 11.5 Å². The third-order valence-corrected chi connectivity index (χ3v) is 6.31. The van der Waals surface area contributed by atoms with Crippen molar-refractivity contribution in [1.29, 1.82) is 0 Å². The van der Waals surface area contributed by atoms with Crippen LogP contribution in [0.4, 0.5) is 5.95 Å². The van der Waals surface area contributed by atoms with Gasteiger partial charge in [-0.25, -0.2) is 4.98 Å². The zero-order valence-electron chi connectivity index (χ0n) is 21.1. The minimum absolute atomic E-state index is 0.0216. The average Bonchev–Trinajstić information content (AvgIpc) is 2.93. The molecule has 7 nitrogen and oxygen atoms in total. The van der Waals surface area contributed by atoms with E-state index in [4.69, 9.17) is 19.4 Å². The fourth-order valence-electron chi connectivity index (χ4n) is 4.24. The molecule has 2 heterocycles. The predicted octanol–water partition coefficient (Wildman–Crippen LogP) is 5.18. The molecule has 0 saturated carbocycles. The van der Waals surface area contributed by atoms with Crippen LogP contribution in [-0.2, 0) is 24.3 Å². The van der Waals surface area contributed by atoms with Crippen LogP contribution in [0.3, 0.4) is 0 Å². The van der Waals surface area contributed by atoms with Gasteiger partial charge in [0.05, 0.1) is 17.8 Å². The highest BCUT2D eigenvalue weighted by atomic mass is 16.5. The molecular weight excluding hydrogens is 464 g/mol. The second kappa shape index (κ2) is 11.1. The highest BCUT2D eigenvalue weighted by Gasteiger charge is 2.27. The van der Waals surface area contributed by atoms with Crippen molar-refractivity contribution in [3.63, 3.8) is 0 Å². The summed E-state index contributed by atoms with van der Waals surface area (Å²) in [5, 5.41) is 0. The lowest BCUT2D eigenvalue weighted by molar-refractivity contribution is -0.134. The summed E-state index contributed by atoms with van der Waals surface area (Å²) in [5.41, 5.74) is 4.05. The highest BCUT2D eigenvalue weighted by Crippen LogP contribution is 2.31. The minimum Gasteiger partial charge on any atom is -0.484 e. The van der Waals surface area contributed by atoms with Crippen LogP contribution in [0.15, 0.2) is 84.9 Å². The summed E-state index contributed by atoms with van der Waals surface area (Å²) < 4.78 is 12.0. The van der Waals surface area contributed by atoms with E-state index >= 15 is 0 Å². The molecule has 7 heteroatoms. The van der Waals surface area contributed by atoms with Crippen LogP contribution in [0.2, 0.25) is 0 Å². The minimum atomic E-state index is -0.0824. The predicted molar refractivity (Wildman–Crippen MR) is 143 cm³/mol. The number of rotatable bonds is 8. The van der Waals surface area contributed by atoms with Crippen molar-refractivity contribution in [3.8, 4) is 17.4 Å². The van der Waals surface area contributed by atoms with Crippen LogP contribution in [0.1, 0.15) is 22.4 Å². The SMILES string of the molecule is Cc1ccc(Oc2nc(N(C)Cc3ccccc3)nc3c2CN(C(=O)COc2ccccc2)CC3)cc1. The number of nitrogens with zero attached hydrogens (tertiary/aromatic N) is 4. The summed E-state index contributed by atoms with van der Waals surface area (Å²) in [7, 11) is 1.98. The van der Waals surface area contributed by atoms with Crippen LogP contribution in [0, 0.1) is 6.92 Å². The first-order valence-electron chi connectivity index (χ1n) is 12.4. The van der Waals surface area contributed by atoms with Gasteiger partial charge in [-0.3, -0.25) is 4.79 Å². The van der Waals surface area contributed by atoms with Crippen molar-refractivity contribution < 1.29 is 14.3 Å². The number of benzene rings is 3. The molecule has 0 fully saturated rings. The van der Waals surface area contributed by atoms with E-state index in [0.717, 1.165) is 16.8 Å². The second-order valence-electron chi connectivity index (χ2n) is 9.18. The Morgan fingerprint density at radius 2 is 1.62 bits per heavy atom. The first-order chi connectivity index (χ1) is 18.0. The van der Waals surface area contributed by atoms with Gasteiger partial charge in [-0.2, -0.15) is 4.98 Å². The molecule has 37 heavy (non-hydrogen) atoms. The molecule has 1 aromatic heterocycles. The van der Waals surface area contributed by atoms with Crippen LogP contribution in [-0.4, -0.2) is 41.0 Å². The standard InChI is InChI=1S/C30H30N4O3/c1-22-13-15-25(16-14-22)37-29-26-20-34(28(35)21-36-24-11-7-4-8-12-24)18-17-27(26)31-30(32-29)33(2)19-23-9-5-3-6-10-23/h3-16H,17-21H2,1-2H3. The van der Waals surface area contributed by atoms with Crippen molar-refractivity contribution in [3.05, 3.63) is 107 Å². The Morgan fingerprint density at radius 1 is 0.919 bits per heavy atom. The second-order valence-corrected chi connectivity index (χ2v) is 9.18. The largest absolute Gasteiger partial charge is 0.484 e. The molecule has 0 spiro atoms. The van der Waals surface area contributed by atoms with Crippen LogP contribution < -0.4 is 14.4 Å². The lowest BCUT2D eigenvalue weighted by Gasteiger charge is -2.30. The molecule has 1 aliphatic rings. The number of aromatic nitrogens is 2. The summed E-state index contributed by atoms with van der Waals surface area (Å²) in [4.78, 5) is 26.5. The Hall–Kier alpha value is -4.39. The zero-order chi connectivity index (χ0) is 25.6. The maximum absolute atomic E-state index is 13.0. The molecule has 5 rings (SSSR count). The van der Waals surface area contributed by atoms with Gasteiger partial charge in [-0.05, 0) is 36.8 Å². The maximum atomic E-state index is 13.0. The summed E-state index contributed by atoms with van der Waals surface area (Å²) in [6, 6.07) is 27.4. The Balaban J connectivity index is 1.39. The van der Waals surface area contributed by atoms with Gasteiger partial charge < -0.3 is 19.3 Å². The number of carbonyl (C=O) groups excluding carboxylic acids is 1. The summed E-state index contributed by atoms with van der Waals surface area (Å²) in [6.07, 6.45) is 0.616. The van der Waals surface area contributed by atoms with Crippen LogP contribution in [0.5, 0.6) is 17.4 Å². The first kappa shape index (κ1) is 24.3. The van der Waals surface area contributed by atoms with Gasteiger partial charge in [-0.15, -0.1) is 0 Å². The molecule has 0 aliphatic carbocycles.